The number of rotatable bonds is 3. The average molecular weight is 329 g/mol. The molecule has 0 bridgehead atoms. The normalized spacial score (nSPS) is 10.1. The Bertz CT molecular complexity index is 959. The maximum atomic E-state index is 11.2. The molecule has 2 aromatic carbocycles. The molecule has 1 heterocycles. The summed E-state index contributed by atoms with van der Waals surface area (Å²) in [6.45, 7) is 1.88. The number of nitrogens with two attached hydrogens (primary N) is 1. The second kappa shape index (κ2) is 6.85. The van der Waals surface area contributed by atoms with Crippen LogP contribution in [0.15, 0.2) is 60.7 Å². The van der Waals surface area contributed by atoms with Crippen LogP contribution in [-0.4, -0.2) is 11.1 Å². The van der Waals surface area contributed by atoms with E-state index in [9.17, 15) is 4.79 Å². The number of benzene rings is 2. The second-order valence-corrected chi connectivity index (χ2v) is 5.48. The number of ether oxygens (including phenoxy) is 1. The summed E-state index contributed by atoms with van der Waals surface area (Å²) < 4.78 is 5.14. The summed E-state index contributed by atoms with van der Waals surface area (Å²) in [4.78, 5) is 15.9. The Kier molecular flexibility index (Phi) is 4.44. The number of pyridine rings is 1. The zero-order valence-corrected chi connectivity index (χ0v) is 13.6. The van der Waals surface area contributed by atoms with E-state index in [1.165, 1.54) is 0 Å². The molecule has 0 aliphatic rings. The fraction of sp³-hybridized carbons (Fsp3) is 0.0500. The first-order valence-corrected chi connectivity index (χ1v) is 7.63. The van der Waals surface area contributed by atoms with Gasteiger partial charge in [0.1, 0.15) is 5.69 Å². The van der Waals surface area contributed by atoms with Crippen molar-refractivity contribution in [2.75, 3.05) is 0 Å². The number of nitriles is 1. The zero-order valence-electron chi connectivity index (χ0n) is 13.6. The Balaban J connectivity index is 2.17. The first kappa shape index (κ1) is 16.2. The summed E-state index contributed by atoms with van der Waals surface area (Å²) >= 11 is 0. The van der Waals surface area contributed by atoms with Crippen molar-refractivity contribution in [1.82, 2.24) is 4.98 Å². The Morgan fingerprint density at radius 2 is 1.68 bits per heavy atom. The molecule has 122 valence electrons. The molecule has 5 nitrogen and oxygen atoms in total. The van der Waals surface area contributed by atoms with Gasteiger partial charge in [-0.2, -0.15) is 5.26 Å². The number of aromatic nitrogens is 1. The Morgan fingerprint density at radius 1 is 1.04 bits per heavy atom. The highest BCUT2D eigenvalue weighted by molar-refractivity contribution is 5.77. The van der Waals surface area contributed by atoms with Crippen molar-refractivity contribution < 1.29 is 9.53 Å². The van der Waals surface area contributed by atoms with E-state index < -0.39 is 6.09 Å². The number of hydrogen-bond acceptors (Lipinski definition) is 4. The minimum absolute atomic E-state index is 0.314. The summed E-state index contributed by atoms with van der Waals surface area (Å²) in [5, 5.41) is 8.94. The number of aryl methyl sites for hydroxylation is 1. The Labute approximate surface area is 145 Å². The van der Waals surface area contributed by atoms with E-state index in [1.54, 1.807) is 18.2 Å². The number of carbonyl (C=O) groups excluding carboxylic acids is 1. The van der Waals surface area contributed by atoms with Crippen LogP contribution in [0.5, 0.6) is 5.75 Å². The molecule has 3 rings (SSSR count). The van der Waals surface area contributed by atoms with Crippen molar-refractivity contribution >= 4 is 6.09 Å². The van der Waals surface area contributed by atoms with Gasteiger partial charge in [-0.3, -0.25) is 0 Å². The molecular formula is C20H15N3O2. The van der Waals surface area contributed by atoms with Crippen molar-refractivity contribution in [3.63, 3.8) is 0 Å². The van der Waals surface area contributed by atoms with Crippen LogP contribution in [0.2, 0.25) is 0 Å². The van der Waals surface area contributed by atoms with Crippen molar-refractivity contribution in [3.8, 4) is 34.3 Å². The first-order valence-electron chi connectivity index (χ1n) is 7.63. The minimum atomic E-state index is -0.885. The van der Waals surface area contributed by atoms with E-state index in [0.717, 1.165) is 22.4 Å². The number of carbonyl (C=O) groups is 1. The van der Waals surface area contributed by atoms with Crippen molar-refractivity contribution in [2.24, 2.45) is 5.73 Å². The molecule has 2 N–H and O–H groups in total. The monoisotopic (exact) mass is 329 g/mol. The highest BCUT2D eigenvalue weighted by Crippen LogP contribution is 2.33. The van der Waals surface area contributed by atoms with Crippen LogP contribution in [0.25, 0.3) is 22.5 Å². The first-order chi connectivity index (χ1) is 12.1. The SMILES string of the molecule is Cc1cc(OC(N)=O)c(-c2ccccc2)nc1-c1ccc(C#N)cc1. The largest absolute Gasteiger partial charge is 0.410 e. The second-order valence-electron chi connectivity index (χ2n) is 5.48. The lowest BCUT2D eigenvalue weighted by Crippen LogP contribution is -2.17. The predicted molar refractivity (Wildman–Crippen MR) is 94.8 cm³/mol. The lowest BCUT2D eigenvalue weighted by Gasteiger charge is -2.13. The van der Waals surface area contributed by atoms with Gasteiger partial charge in [-0.1, -0.05) is 42.5 Å². The molecule has 0 aliphatic carbocycles. The summed E-state index contributed by atoms with van der Waals surface area (Å²) in [6.07, 6.45) is -0.885. The molecule has 5 heteroatoms. The van der Waals surface area contributed by atoms with Crippen LogP contribution >= 0.6 is 0 Å². The van der Waals surface area contributed by atoms with E-state index in [4.69, 9.17) is 20.7 Å². The fourth-order valence-corrected chi connectivity index (χ4v) is 2.57. The highest BCUT2D eigenvalue weighted by atomic mass is 16.5. The van der Waals surface area contributed by atoms with Gasteiger partial charge in [-0.25, -0.2) is 9.78 Å². The molecular weight excluding hydrogens is 314 g/mol. The number of amides is 1. The van der Waals surface area contributed by atoms with E-state index in [0.29, 0.717) is 17.0 Å². The van der Waals surface area contributed by atoms with Gasteiger partial charge in [0.05, 0.1) is 17.3 Å². The van der Waals surface area contributed by atoms with Crippen molar-refractivity contribution in [3.05, 3.63) is 71.8 Å². The third-order valence-electron chi connectivity index (χ3n) is 3.72. The van der Waals surface area contributed by atoms with Crippen molar-refractivity contribution in [1.29, 1.82) is 5.26 Å². The maximum Gasteiger partial charge on any atom is 0.410 e. The minimum Gasteiger partial charge on any atom is -0.408 e. The van der Waals surface area contributed by atoms with Gasteiger partial charge < -0.3 is 10.5 Å². The molecule has 0 radical (unpaired) electrons. The fourth-order valence-electron chi connectivity index (χ4n) is 2.57. The molecule has 25 heavy (non-hydrogen) atoms. The molecule has 3 aromatic rings. The van der Waals surface area contributed by atoms with Gasteiger partial charge >= 0.3 is 6.09 Å². The molecule has 1 amide bonds. The summed E-state index contributed by atoms with van der Waals surface area (Å²) in [5.41, 5.74) is 9.57. The highest BCUT2D eigenvalue weighted by Gasteiger charge is 2.15. The summed E-state index contributed by atoms with van der Waals surface area (Å²) in [7, 11) is 0. The van der Waals surface area contributed by atoms with Gasteiger partial charge in [0.2, 0.25) is 0 Å². The van der Waals surface area contributed by atoms with Gasteiger partial charge in [-0.15, -0.1) is 0 Å². The summed E-state index contributed by atoms with van der Waals surface area (Å²) in [6, 6.07) is 20.4. The molecule has 0 saturated heterocycles. The number of hydrogen-bond donors (Lipinski definition) is 1. The van der Waals surface area contributed by atoms with Crippen LogP contribution in [-0.2, 0) is 0 Å². The molecule has 0 fully saturated rings. The van der Waals surface area contributed by atoms with Crippen LogP contribution in [0, 0.1) is 18.3 Å². The van der Waals surface area contributed by atoms with Gasteiger partial charge in [0.25, 0.3) is 0 Å². The van der Waals surface area contributed by atoms with Gasteiger partial charge in [0.15, 0.2) is 5.75 Å². The smallest absolute Gasteiger partial charge is 0.408 e. The van der Waals surface area contributed by atoms with Crippen LogP contribution < -0.4 is 10.5 Å². The van der Waals surface area contributed by atoms with E-state index in [2.05, 4.69) is 6.07 Å². The Hall–Kier alpha value is -3.65. The lowest BCUT2D eigenvalue weighted by molar-refractivity contribution is 0.211. The molecule has 0 atom stereocenters. The number of primary amides is 1. The van der Waals surface area contributed by atoms with E-state index >= 15 is 0 Å². The Morgan fingerprint density at radius 3 is 2.28 bits per heavy atom. The standard InChI is InChI=1S/C20H15N3O2/c1-13-11-17(25-20(22)24)19(15-5-3-2-4-6-15)23-18(13)16-9-7-14(12-21)8-10-16/h2-11H,1H3,(H2,22,24). The molecule has 0 aliphatic heterocycles. The zero-order chi connectivity index (χ0) is 17.8. The van der Waals surface area contributed by atoms with E-state index in [1.807, 2.05) is 49.4 Å². The van der Waals surface area contributed by atoms with E-state index in [-0.39, 0.29) is 0 Å². The van der Waals surface area contributed by atoms with Crippen LogP contribution in [0.3, 0.4) is 0 Å². The molecule has 0 unspecified atom stereocenters. The molecule has 0 saturated carbocycles. The lowest BCUT2D eigenvalue weighted by atomic mass is 10.0. The molecule has 1 aromatic heterocycles. The predicted octanol–water partition coefficient (Wildman–Crippen LogP) is 4.05. The maximum absolute atomic E-state index is 11.2. The number of nitrogens with zero attached hydrogens (tertiary/aromatic N) is 2. The third-order valence-corrected chi connectivity index (χ3v) is 3.72. The molecule has 0 spiro atoms. The third kappa shape index (κ3) is 3.48. The quantitative estimate of drug-likeness (QED) is 0.785. The summed E-state index contributed by atoms with van der Waals surface area (Å²) in [5.74, 6) is 0.314. The van der Waals surface area contributed by atoms with Crippen LogP contribution in [0.1, 0.15) is 11.1 Å². The van der Waals surface area contributed by atoms with Crippen LogP contribution in [0.4, 0.5) is 4.79 Å². The topological polar surface area (TPSA) is 89.0 Å². The average Bonchev–Trinajstić information content (AvgIpc) is 2.62. The van der Waals surface area contributed by atoms with Crippen molar-refractivity contribution in [2.45, 2.75) is 6.92 Å². The van der Waals surface area contributed by atoms with Gasteiger partial charge in [-0.05, 0) is 30.7 Å². The van der Waals surface area contributed by atoms with Gasteiger partial charge in [0, 0.05) is 11.1 Å².